The first kappa shape index (κ1) is 3.40. The van der Waals surface area contributed by atoms with Crippen LogP contribution in [0.1, 0.15) is 0 Å². The van der Waals surface area contributed by atoms with Crippen molar-refractivity contribution in [2.45, 2.75) is 0 Å². The molecule has 0 rings (SSSR count). The fourth-order valence-electron chi connectivity index (χ4n) is 0. The molecule has 4 heavy (non-hydrogen) atoms. The monoisotopic (exact) mass is 113 g/mol. The Morgan fingerprint density at radius 3 is 2.75 bits per heavy atom. The van der Waals surface area contributed by atoms with Crippen molar-refractivity contribution in [3.63, 3.8) is 0 Å². The van der Waals surface area contributed by atoms with Gasteiger partial charge in [0.1, 0.15) is 0 Å². The van der Waals surface area contributed by atoms with Crippen molar-refractivity contribution in [1.82, 2.24) is 0 Å². The van der Waals surface area contributed by atoms with Crippen LogP contribution in [0.25, 0.3) is 0 Å². The molecule has 0 heterocycles. The van der Waals surface area contributed by atoms with E-state index < -0.39 is 7.42 Å². The Hall–Kier alpha value is 1.21. The van der Waals surface area contributed by atoms with Crippen LogP contribution in [0, 0.1) is 0 Å². The fourth-order valence-corrected chi connectivity index (χ4v) is 0. The third kappa shape index (κ3) is 3.21. The van der Waals surface area contributed by atoms with Crippen molar-refractivity contribution in [3.05, 3.63) is 0 Å². The highest BCUT2D eigenvalue weighted by Crippen LogP contribution is 2.33. The van der Waals surface area contributed by atoms with E-state index >= 15 is 0 Å². The minimum absolute atomic E-state index is 0.515. The molecule has 0 saturated carbocycles. The predicted octanol–water partition coefficient (Wildman–Crippen LogP) is 1.73. The predicted molar refractivity (Wildman–Crippen MR) is 31.5 cm³/mol. The molecule has 0 aliphatic heterocycles. The molecule has 26 valence electrons. The maximum Gasteiger partial charge on any atom is 0.0737 e. The van der Waals surface area contributed by atoms with Gasteiger partial charge in [0, 0.05) is 0 Å². The molecule has 0 nitrogen and oxygen atoms in total. The Bertz CT molecular complexity index is 23.6. The van der Waals surface area contributed by atoms with Crippen molar-refractivity contribution >= 4 is 27.7 Å². The molecule has 0 aromatic heterocycles. The highest BCUT2D eigenvalue weighted by atomic mass is 32.9. The van der Waals surface area contributed by atoms with Gasteiger partial charge < -0.3 is 0 Å². The maximum absolute atomic E-state index is 6.82. The van der Waals surface area contributed by atoms with Gasteiger partial charge in [-0.15, -0.1) is 20.3 Å². The Labute approximate surface area is 36.0 Å². The van der Waals surface area contributed by atoms with Crippen molar-refractivity contribution in [3.8, 4) is 0 Å². The zero-order chi connectivity index (χ0) is 4.28. The molecule has 0 saturated heterocycles. The van der Waals surface area contributed by atoms with Gasteiger partial charge >= 0.3 is 0 Å². The minimum Gasteiger partial charge on any atom is -0.137 e. The maximum atomic E-state index is 6.82. The van der Waals surface area contributed by atoms with Crippen LogP contribution in [-0.2, 0) is 0 Å². The highest BCUT2D eigenvalue weighted by molar-refractivity contribution is 8.64. The molecule has 0 aliphatic carbocycles. The topological polar surface area (TPSA) is 0 Å². The molecule has 2 unspecified atom stereocenters. The van der Waals surface area contributed by atoms with Gasteiger partial charge in [-0.2, -0.15) is 0 Å². The van der Waals surface area contributed by atoms with Gasteiger partial charge in [0.15, 0.2) is 0 Å². The summed E-state index contributed by atoms with van der Waals surface area (Å²) < 4.78 is 6.82. The molecule has 0 radical (unpaired) electrons. The second-order valence-corrected chi connectivity index (χ2v) is 4.49. The van der Waals surface area contributed by atoms with Gasteiger partial charge in [-0.1, -0.05) is 0 Å². The van der Waals surface area contributed by atoms with Gasteiger partial charge in [-0.3, -0.25) is 0 Å². The van der Waals surface area contributed by atoms with E-state index in [0.29, 0.717) is 0 Å². The summed E-state index contributed by atoms with van der Waals surface area (Å²) in [6.45, 7) is 0. The molecule has 0 fully saturated rings. The average Bonchev–Trinajstić information content (AvgIpc) is 1.38. The third-order valence-corrected chi connectivity index (χ3v) is 2.85. The van der Waals surface area contributed by atoms with E-state index in [1.165, 1.54) is 0 Å². The molecule has 0 aromatic carbocycles. The van der Waals surface area contributed by atoms with Gasteiger partial charge in [0.25, 0.3) is 0 Å². The van der Waals surface area contributed by atoms with Crippen LogP contribution in [-0.4, -0.2) is 7.53 Å². The molecule has 0 amide bonds. The summed E-state index contributed by atoms with van der Waals surface area (Å²) in [7, 11) is 1.91. The normalized spacial score (nSPS) is 19.0. The molecule has 3 heteroatoms. The lowest BCUT2D eigenvalue weighted by molar-refractivity contribution is 2.54. The summed E-state index contributed by atoms with van der Waals surface area (Å²) in [6.07, 6.45) is 1.94. The molecule has 2 atom stereocenters. The summed E-state index contributed by atoms with van der Waals surface area (Å²) in [5.41, 5.74) is 0. The van der Waals surface area contributed by atoms with Crippen LogP contribution in [0.15, 0.2) is 0 Å². The van der Waals surface area contributed by atoms with E-state index in [1.807, 2.05) is 6.26 Å². The first-order chi connectivity index (χ1) is 2.27. The average molecular weight is 113 g/mol. The van der Waals surface area contributed by atoms with E-state index in [9.17, 15) is 0 Å². The minimum atomic E-state index is -0.515. The van der Waals surface area contributed by atoms with Crippen LogP contribution in [0.5, 0.6) is 0 Å². The number of rotatable bonds is 1. The SMILES string of the molecule is [2H]P(P)SC. The summed E-state index contributed by atoms with van der Waals surface area (Å²) in [5, 5.41) is 0. The summed E-state index contributed by atoms with van der Waals surface area (Å²) in [5.74, 6) is 0. The molecule has 0 aliphatic rings. The zero-order valence-electron chi connectivity index (χ0n) is 3.43. The van der Waals surface area contributed by atoms with Gasteiger partial charge in [-0.25, -0.2) is 0 Å². The first-order valence-electron chi connectivity index (χ1n) is 1.30. The first-order valence-corrected chi connectivity index (χ1v) is 5.19. The van der Waals surface area contributed by atoms with E-state index in [2.05, 4.69) is 8.93 Å². The van der Waals surface area contributed by atoms with Crippen molar-refractivity contribution < 1.29 is 0 Å². The Kier molecular flexibility index (Phi) is 3.58. The second-order valence-electron chi connectivity index (χ2n) is 0.288. The molecular formula is CH6P2S. The van der Waals surface area contributed by atoms with Crippen LogP contribution in [0.4, 0.5) is 0 Å². The third-order valence-electron chi connectivity index (χ3n) is 0.105. The Morgan fingerprint density at radius 1 is 2.50 bits per heavy atom. The molecule has 0 spiro atoms. The quantitative estimate of drug-likeness (QED) is 0.466. The fraction of sp³-hybridized carbons (Fsp3) is 1.00. The van der Waals surface area contributed by atoms with Crippen molar-refractivity contribution in [1.29, 1.82) is 1.28 Å². The Balaban J connectivity index is 2.54. The number of hydrogen-bond donors (Lipinski definition) is 0. The number of hydrogen-bond acceptors (Lipinski definition) is 1. The highest BCUT2D eigenvalue weighted by Gasteiger charge is 1.54. The zero-order valence-corrected chi connectivity index (χ0v) is 5.30. The van der Waals surface area contributed by atoms with Crippen LogP contribution in [0.2, 0.25) is 0 Å². The van der Waals surface area contributed by atoms with E-state index in [-0.39, 0.29) is 0 Å². The Morgan fingerprint density at radius 2 is 2.75 bits per heavy atom. The lowest BCUT2D eigenvalue weighted by atomic mass is 12.0. The lowest BCUT2D eigenvalue weighted by Crippen LogP contribution is -1.12. The van der Waals surface area contributed by atoms with E-state index in [0.717, 1.165) is 0 Å². The smallest absolute Gasteiger partial charge is 0.0737 e. The van der Waals surface area contributed by atoms with E-state index in [1.54, 1.807) is 11.4 Å². The molecule has 0 aromatic rings. The van der Waals surface area contributed by atoms with Gasteiger partial charge in [0.05, 0.1) is 1.28 Å². The standard InChI is InChI=1S/CH6P2S/c1-4-3-2/h3H,2H2,1H3/i3D. The van der Waals surface area contributed by atoms with E-state index in [4.69, 9.17) is 1.28 Å². The lowest BCUT2D eigenvalue weighted by Gasteiger charge is -1.70. The largest absolute Gasteiger partial charge is 0.137 e. The van der Waals surface area contributed by atoms with Gasteiger partial charge in [-0.05, 0) is 13.7 Å². The summed E-state index contributed by atoms with van der Waals surface area (Å²) >= 11 is 1.57. The molecule has 0 N–H and O–H groups in total. The van der Waals surface area contributed by atoms with Crippen molar-refractivity contribution in [2.75, 3.05) is 6.26 Å². The van der Waals surface area contributed by atoms with Crippen LogP contribution in [0.3, 0.4) is 0 Å². The molecular weight excluding hydrogens is 106 g/mol. The second kappa shape index (κ2) is 4.21. The van der Waals surface area contributed by atoms with Gasteiger partial charge in [0.2, 0.25) is 0 Å². The summed E-state index contributed by atoms with van der Waals surface area (Å²) in [4.78, 5) is 0. The van der Waals surface area contributed by atoms with Crippen LogP contribution >= 0.6 is 27.7 Å². The summed E-state index contributed by atoms with van der Waals surface area (Å²) in [6, 6.07) is 0. The van der Waals surface area contributed by atoms with Crippen molar-refractivity contribution in [2.24, 2.45) is 0 Å². The van der Waals surface area contributed by atoms with Crippen LogP contribution < -0.4 is 0 Å². The molecule has 0 bridgehead atoms.